The highest BCUT2D eigenvalue weighted by atomic mass is 35.5. The summed E-state index contributed by atoms with van der Waals surface area (Å²) in [6.45, 7) is 6.31. The number of halogens is 1. The first-order valence-electron chi connectivity index (χ1n) is 8.53. The average molecular weight is 366 g/mol. The Balaban J connectivity index is 0.00000169. The van der Waals surface area contributed by atoms with Gasteiger partial charge in [-0.15, -0.1) is 23.7 Å². The van der Waals surface area contributed by atoms with Crippen LogP contribution in [-0.4, -0.2) is 48.1 Å². The van der Waals surface area contributed by atoms with Crippen LogP contribution in [0.25, 0.3) is 10.1 Å². The number of carbonyl (C=O) groups is 1. The van der Waals surface area contributed by atoms with Crippen LogP contribution in [0.3, 0.4) is 0 Å². The number of benzene rings is 1. The van der Waals surface area contributed by atoms with Crippen LogP contribution in [0.1, 0.15) is 19.8 Å². The third-order valence-electron chi connectivity index (χ3n) is 5.28. The molecule has 1 aromatic carbocycles. The highest BCUT2D eigenvalue weighted by Crippen LogP contribution is 2.33. The van der Waals surface area contributed by atoms with Crippen molar-refractivity contribution in [3.05, 3.63) is 30.3 Å². The van der Waals surface area contributed by atoms with Gasteiger partial charge in [-0.1, -0.05) is 18.2 Å². The summed E-state index contributed by atoms with van der Waals surface area (Å²) < 4.78 is 1.22. The van der Waals surface area contributed by atoms with E-state index >= 15 is 0 Å². The number of urea groups is 1. The average Bonchev–Trinajstić information content (AvgIpc) is 2.99. The predicted molar refractivity (Wildman–Crippen MR) is 103 cm³/mol. The van der Waals surface area contributed by atoms with Crippen molar-refractivity contribution in [1.82, 2.24) is 9.80 Å². The standard InChI is InChI=1S/C18H23N3OS.ClH/c1-2-21(15-12-20-9-7-13(15)8-10-20)18(22)19-17-11-14-5-3-4-6-16(14)23-17;/h3-6,11,13,15H,2,7-10,12H2,1H3,(H,19,22);1H/t15-;/m0./s1. The van der Waals surface area contributed by atoms with Gasteiger partial charge in [0.1, 0.15) is 0 Å². The van der Waals surface area contributed by atoms with Gasteiger partial charge >= 0.3 is 6.03 Å². The third-order valence-corrected chi connectivity index (χ3v) is 6.31. The molecule has 0 radical (unpaired) electrons. The van der Waals surface area contributed by atoms with E-state index in [2.05, 4.69) is 35.3 Å². The topological polar surface area (TPSA) is 35.6 Å². The number of nitrogens with zero attached hydrogens (tertiary/aromatic N) is 2. The number of nitrogens with one attached hydrogen (secondary N) is 1. The molecule has 5 rings (SSSR count). The van der Waals surface area contributed by atoms with Gasteiger partial charge in [-0.2, -0.15) is 0 Å². The zero-order chi connectivity index (χ0) is 15.8. The number of hydrogen-bond acceptors (Lipinski definition) is 3. The van der Waals surface area contributed by atoms with E-state index in [1.807, 2.05) is 17.0 Å². The molecule has 2 bridgehead atoms. The maximum Gasteiger partial charge on any atom is 0.322 e. The monoisotopic (exact) mass is 365 g/mol. The normalized spacial score (nSPS) is 25.3. The Bertz CT molecular complexity index is 678. The van der Waals surface area contributed by atoms with Crippen LogP contribution in [0.4, 0.5) is 9.80 Å². The molecule has 1 N–H and O–H groups in total. The van der Waals surface area contributed by atoms with E-state index in [0.717, 1.165) is 18.1 Å². The maximum absolute atomic E-state index is 12.8. The van der Waals surface area contributed by atoms with Gasteiger partial charge in [-0.05, 0) is 56.3 Å². The van der Waals surface area contributed by atoms with Gasteiger partial charge in [-0.25, -0.2) is 4.79 Å². The van der Waals surface area contributed by atoms with Gasteiger partial charge in [0.2, 0.25) is 0 Å². The van der Waals surface area contributed by atoms with E-state index in [-0.39, 0.29) is 18.4 Å². The van der Waals surface area contributed by atoms with Crippen molar-refractivity contribution >= 4 is 44.9 Å². The van der Waals surface area contributed by atoms with Crippen molar-refractivity contribution in [3.63, 3.8) is 0 Å². The lowest BCUT2D eigenvalue weighted by molar-refractivity contribution is 0.0265. The predicted octanol–water partition coefficient (Wildman–Crippen LogP) is 4.27. The second-order valence-corrected chi connectivity index (χ2v) is 7.65. The van der Waals surface area contributed by atoms with E-state index in [1.54, 1.807) is 11.3 Å². The molecule has 1 aromatic heterocycles. The molecule has 2 amide bonds. The fourth-order valence-electron chi connectivity index (χ4n) is 4.04. The van der Waals surface area contributed by atoms with Gasteiger partial charge in [0, 0.05) is 23.8 Å². The van der Waals surface area contributed by atoms with Crippen LogP contribution in [0.2, 0.25) is 0 Å². The molecule has 4 nitrogen and oxygen atoms in total. The Morgan fingerprint density at radius 2 is 2.08 bits per heavy atom. The summed E-state index contributed by atoms with van der Waals surface area (Å²) in [4.78, 5) is 17.3. The molecule has 0 aliphatic carbocycles. The molecule has 0 saturated carbocycles. The first-order valence-corrected chi connectivity index (χ1v) is 9.35. The van der Waals surface area contributed by atoms with Gasteiger partial charge in [0.25, 0.3) is 0 Å². The van der Waals surface area contributed by atoms with Crippen molar-refractivity contribution in [2.45, 2.75) is 25.8 Å². The van der Waals surface area contributed by atoms with Crippen molar-refractivity contribution < 1.29 is 4.79 Å². The number of rotatable bonds is 3. The van der Waals surface area contributed by atoms with Gasteiger partial charge in [0.15, 0.2) is 0 Å². The molecule has 24 heavy (non-hydrogen) atoms. The second kappa shape index (κ2) is 7.30. The molecular formula is C18H24ClN3OS. The van der Waals surface area contributed by atoms with Crippen molar-refractivity contribution in [2.75, 3.05) is 31.5 Å². The van der Waals surface area contributed by atoms with Crippen LogP contribution < -0.4 is 5.32 Å². The van der Waals surface area contributed by atoms with Gasteiger partial charge < -0.3 is 9.80 Å². The summed E-state index contributed by atoms with van der Waals surface area (Å²) in [5, 5.41) is 5.26. The number of amides is 2. The Labute approximate surface area is 153 Å². The van der Waals surface area contributed by atoms with Crippen LogP contribution in [0, 0.1) is 5.92 Å². The summed E-state index contributed by atoms with van der Waals surface area (Å²) >= 11 is 1.65. The molecular weight excluding hydrogens is 342 g/mol. The Kier molecular flexibility index (Phi) is 5.33. The first kappa shape index (κ1) is 17.5. The Hall–Kier alpha value is -1.30. The summed E-state index contributed by atoms with van der Waals surface area (Å²) in [5.74, 6) is 0.674. The molecule has 3 aliphatic rings. The zero-order valence-electron chi connectivity index (χ0n) is 13.9. The largest absolute Gasteiger partial charge is 0.322 e. The lowest BCUT2D eigenvalue weighted by Crippen LogP contribution is -2.59. The lowest BCUT2D eigenvalue weighted by atomic mass is 9.83. The Morgan fingerprint density at radius 3 is 2.71 bits per heavy atom. The minimum absolute atomic E-state index is 0. The van der Waals surface area contributed by atoms with E-state index in [0.29, 0.717) is 12.0 Å². The van der Waals surface area contributed by atoms with Crippen LogP contribution in [0.5, 0.6) is 0 Å². The first-order chi connectivity index (χ1) is 11.2. The summed E-state index contributed by atoms with van der Waals surface area (Å²) in [6.07, 6.45) is 2.47. The molecule has 4 heterocycles. The fourth-order valence-corrected chi connectivity index (χ4v) is 4.99. The maximum atomic E-state index is 12.8. The number of hydrogen-bond donors (Lipinski definition) is 1. The molecule has 3 saturated heterocycles. The molecule has 3 aliphatic heterocycles. The molecule has 0 spiro atoms. The van der Waals surface area contributed by atoms with Gasteiger partial charge in [0.05, 0.1) is 5.00 Å². The lowest BCUT2D eigenvalue weighted by Gasteiger charge is -2.48. The summed E-state index contributed by atoms with van der Waals surface area (Å²) in [5.41, 5.74) is 0. The molecule has 130 valence electrons. The molecule has 2 aromatic rings. The number of thiophene rings is 1. The van der Waals surface area contributed by atoms with E-state index < -0.39 is 0 Å². The van der Waals surface area contributed by atoms with Crippen molar-refractivity contribution in [3.8, 4) is 0 Å². The third kappa shape index (κ3) is 3.25. The molecule has 0 unspecified atom stereocenters. The van der Waals surface area contributed by atoms with E-state index in [4.69, 9.17) is 0 Å². The van der Waals surface area contributed by atoms with E-state index in [9.17, 15) is 4.79 Å². The van der Waals surface area contributed by atoms with E-state index in [1.165, 1.54) is 36.0 Å². The number of carbonyl (C=O) groups excluding carboxylic acids is 1. The summed E-state index contributed by atoms with van der Waals surface area (Å²) in [6, 6.07) is 10.8. The Morgan fingerprint density at radius 1 is 1.33 bits per heavy atom. The minimum atomic E-state index is 0. The van der Waals surface area contributed by atoms with Crippen LogP contribution in [0.15, 0.2) is 30.3 Å². The molecule has 6 heteroatoms. The number of likely N-dealkylation sites (N-methyl/N-ethyl adjacent to an activating group) is 1. The van der Waals surface area contributed by atoms with Crippen LogP contribution in [-0.2, 0) is 0 Å². The fraction of sp³-hybridized carbons (Fsp3) is 0.500. The summed E-state index contributed by atoms with van der Waals surface area (Å²) in [7, 11) is 0. The second-order valence-electron chi connectivity index (χ2n) is 6.57. The zero-order valence-corrected chi connectivity index (χ0v) is 15.5. The molecule has 1 atom stereocenters. The highest BCUT2D eigenvalue weighted by molar-refractivity contribution is 7.22. The molecule has 3 fully saturated rings. The number of piperidine rings is 3. The number of anilines is 1. The SMILES string of the molecule is CCN(C(=O)Nc1cc2ccccc2s1)[C@H]1CN2CCC1CC2.Cl. The van der Waals surface area contributed by atoms with Crippen LogP contribution >= 0.6 is 23.7 Å². The minimum Gasteiger partial charge on any atom is -0.320 e. The van der Waals surface area contributed by atoms with Crippen molar-refractivity contribution in [2.24, 2.45) is 5.92 Å². The smallest absolute Gasteiger partial charge is 0.320 e. The highest BCUT2D eigenvalue weighted by Gasteiger charge is 2.38. The number of fused-ring (bicyclic) bond motifs is 4. The quantitative estimate of drug-likeness (QED) is 0.881. The van der Waals surface area contributed by atoms with Crippen molar-refractivity contribution in [1.29, 1.82) is 0 Å². The van der Waals surface area contributed by atoms with Gasteiger partial charge in [-0.3, -0.25) is 5.32 Å².